The Labute approximate surface area is 130 Å². The van der Waals surface area contributed by atoms with Gasteiger partial charge in [-0.05, 0) is 72.6 Å². The van der Waals surface area contributed by atoms with E-state index >= 15 is 0 Å². The third kappa shape index (κ3) is 5.58. The van der Waals surface area contributed by atoms with Crippen molar-refractivity contribution in [2.24, 2.45) is 5.92 Å². The van der Waals surface area contributed by atoms with E-state index in [-0.39, 0.29) is 18.4 Å². The number of carbonyl (C=O) groups is 1. The number of likely N-dealkylation sites (N-methyl/N-ethyl adjacent to an activating group) is 1. The molecule has 1 heterocycles. The molecule has 1 unspecified atom stereocenters. The van der Waals surface area contributed by atoms with E-state index < -0.39 is 0 Å². The maximum absolute atomic E-state index is 12.3. The van der Waals surface area contributed by atoms with E-state index in [4.69, 9.17) is 0 Å². The Morgan fingerprint density at radius 2 is 1.85 bits per heavy atom. The monoisotopic (exact) mass is 305 g/mol. The van der Waals surface area contributed by atoms with E-state index in [1.54, 1.807) is 0 Å². The second kappa shape index (κ2) is 10.4. The molecule has 0 aromatic carbocycles. The third-order valence-corrected chi connectivity index (χ3v) is 4.43. The fraction of sp³-hybridized carbons (Fsp3) is 0.933. The zero-order chi connectivity index (χ0) is 14.3. The van der Waals surface area contributed by atoms with Crippen LogP contribution in [0.5, 0.6) is 0 Å². The number of nitrogens with zero attached hydrogens (tertiary/aromatic N) is 2. The lowest BCUT2D eigenvalue weighted by molar-refractivity contribution is -0.136. The van der Waals surface area contributed by atoms with Gasteiger partial charge in [0.15, 0.2) is 0 Å². The van der Waals surface area contributed by atoms with Gasteiger partial charge in [0.2, 0.25) is 5.91 Å². The van der Waals surface area contributed by atoms with Crippen LogP contribution in [-0.4, -0.2) is 61.5 Å². The number of amides is 1. The van der Waals surface area contributed by atoms with Crippen molar-refractivity contribution >= 4 is 18.3 Å². The van der Waals surface area contributed by atoms with Crippen LogP contribution in [0.15, 0.2) is 0 Å². The van der Waals surface area contributed by atoms with Crippen LogP contribution in [0.25, 0.3) is 0 Å². The molecular formula is C15H32ClN3O. The Kier molecular flexibility index (Phi) is 10.2. The van der Waals surface area contributed by atoms with Gasteiger partial charge >= 0.3 is 0 Å². The SMILES string of the molecule is CCN(CC)C(=O)C(C)N1CCC(CCNC)CC1.Cl. The number of carbonyl (C=O) groups excluding carboxylic acids is 1. The number of piperidine rings is 1. The first-order valence-corrected chi connectivity index (χ1v) is 7.81. The van der Waals surface area contributed by atoms with Crippen molar-refractivity contribution in [1.82, 2.24) is 15.1 Å². The molecule has 0 radical (unpaired) electrons. The molecule has 0 aromatic rings. The fourth-order valence-corrected chi connectivity index (χ4v) is 2.93. The summed E-state index contributed by atoms with van der Waals surface area (Å²) in [6, 6.07) is 0.0464. The molecule has 0 saturated carbocycles. The minimum Gasteiger partial charge on any atom is -0.342 e. The predicted molar refractivity (Wildman–Crippen MR) is 87.5 cm³/mol. The van der Waals surface area contributed by atoms with Crippen LogP contribution in [0.3, 0.4) is 0 Å². The Balaban J connectivity index is 0.00000361. The average molecular weight is 306 g/mol. The number of rotatable bonds is 7. The van der Waals surface area contributed by atoms with Crippen LogP contribution in [0.4, 0.5) is 0 Å². The first-order valence-electron chi connectivity index (χ1n) is 7.81. The molecule has 120 valence electrons. The minimum absolute atomic E-state index is 0. The Morgan fingerprint density at radius 1 is 1.30 bits per heavy atom. The van der Waals surface area contributed by atoms with E-state index in [1.165, 1.54) is 19.3 Å². The van der Waals surface area contributed by atoms with Crippen LogP contribution in [0.1, 0.15) is 40.0 Å². The highest BCUT2D eigenvalue weighted by Gasteiger charge is 2.28. The third-order valence-electron chi connectivity index (χ3n) is 4.43. The van der Waals surface area contributed by atoms with Crippen molar-refractivity contribution in [3.05, 3.63) is 0 Å². The molecule has 4 nitrogen and oxygen atoms in total. The van der Waals surface area contributed by atoms with Gasteiger partial charge in [-0.25, -0.2) is 0 Å². The van der Waals surface area contributed by atoms with Gasteiger partial charge in [-0.3, -0.25) is 9.69 Å². The lowest BCUT2D eigenvalue weighted by atomic mass is 9.92. The molecule has 20 heavy (non-hydrogen) atoms. The molecule has 1 saturated heterocycles. The molecule has 0 bridgehead atoms. The van der Waals surface area contributed by atoms with Crippen LogP contribution in [0, 0.1) is 5.92 Å². The smallest absolute Gasteiger partial charge is 0.239 e. The molecular weight excluding hydrogens is 274 g/mol. The average Bonchev–Trinajstić information content (AvgIpc) is 2.46. The van der Waals surface area contributed by atoms with Crippen LogP contribution in [-0.2, 0) is 4.79 Å². The van der Waals surface area contributed by atoms with Gasteiger partial charge in [-0.15, -0.1) is 12.4 Å². The maximum atomic E-state index is 12.3. The number of likely N-dealkylation sites (tertiary alicyclic amines) is 1. The Hall–Kier alpha value is -0.320. The molecule has 1 amide bonds. The molecule has 5 heteroatoms. The highest BCUT2D eigenvalue weighted by Crippen LogP contribution is 2.22. The summed E-state index contributed by atoms with van der Waals surface area (Å²) in [6.07, 6.45) is 3.73. The molecule has 0 aliphatic carbocycles. The molecule has 1 rings (SSSR count). The van der Waals surface area contributed by atoms with E-state index in [9.17, 15) is 4.79 Å². The summed E-state index contributed by atoms with van der Waals surface area (Å²) in [7, 11) is 2.01. The zero-order valence-electron chi connectivity index (χ0n) is 13.5. The summed E-state index contributed by atoms with van der Waals surface area (Å²) in [5, 5.41) is 3.22. The van der Waals surface area contributed by atoms with Crippen molar-refractivity contribution in [1.29, 1.82) is 0 Å². The number of hydrogen-bond acceptors (Lipinski definition) is 3. The first-order chi connectivity index (χ1) is 9.13. The first kappa shape index (κ1) is 19.7. The van der Waals surface area contributed by atoms with Crippen molar-refractivity contribution in [2.45, 2.75) is 46.1 Å². The second-order valence-electron chi connectivity index (χ2n) is 5.56. The summed E-state index contributed by atoms with van der Waals surface area (Å²) in [6.45, 7) is 11.1. The zero-order valence-corrected chi connectivity index (χ0v) is 14.3. The molecule has 0 aromatic heterocycles. The quantitative estimate of drug-likeness (QED) is 0.781. The van der Waals surface area contributed by atoms with E-state index in [2.05, 4.69) is 31.0 Å². The molecule has 1 aliphatic heterocycles. The summed E-state index contributed by atoms with van der Waals surface area (Å²) in [5.41, 5.74) is 0. The number of nitrogens with one attached hydrogen (secondary N) is 1. The van der Waals surface area contributed by atoms with Gasteiger partial charge in [0.25, 0.3) is 0 Å². The maximum Gasteiger partial charge on any atom is 0.239 e. The fourth-order valence-electron chi connectivity index (χ4n) is 2.93. The van der Waals surface area contributed by atoms with Gasteiger partial charge < -0.3 is 10.2 Å². The summed E-state index contributed by atoms with van der Waals surface area (Å²) < 4.78 is 0. The minimum atomic E-state index is 0. The van der Waals surface area contributed by atoms with Gasteiger partial charge in [0.1, 0.15) is 0 Å². The Morgan fingerprint density at radius 3 is 2.30 bits per heavy atom. The van der Waals surface area contributed by atoms with Gasteiger partial charge in [0.05, 0.1) is 6.04 Å². The van der Waals surface area contributed by atoms with E-state index in [1.807, 2.05) is 11.9 Å². The number of hydrogen-bond donors (Lipinski definition) is 1. The van der Waals surface area contributed by atoms with Crippen molar-refractivity contribution in [3.8, 4) is 0 Å². The molecule has 1 fully saturated rings. The van der Waals surface area contributed by atoms with E-state index in [0.29, 0.717) is 5.91 Å². The van der Waals surface area contributed by atoms with Crippen LogP contribution >= 0.6 is 12.4 Å². The normalized spacial score (nSPS) is 18.4. The van der Waals surface area contributed by atoms with Gasteiger partial charge in [-0.1, -0.05) is 0 Å². The lowest BCUT2D eigenvalue weighted by Crippen LogP contribution is -2.49. The highest BCUT2D eigenvalue weighted by atomic mass is 35.5. The van der Waals surface area contributed by atoms with Gasteiger partial charge in [-0.2, -0.15) is 0 Å². The highest BCUT2D eigenvalue weighted by molar-refractivity contribution is 5.85. The Bertz CT molecular complexity index is 264. The molecule has 1 atom stereocenters. The molecule has 0 spiro atoms. The van der Waals surface area contributed by atoms with Crippen LogP contribution in [0.2, 0.25) is 0 Å². The number of halogens is 1. The van der Waals surface area contributed by atoms with Gasteiger partial charge in [0, 0.05) is 13.1 Å². The largest absolute Gasteiger partial charge is 0.342 e. The van der Waals surface area contributed by atoms with Crippen molar-refractivity contribution in [2.75, 3.05) is 39.8 Å². The predicted octanol–water partition coefficient (Wildman–Crippen LogP) is 1.99. The topological polar surface area (TPSA) is 35.6 Å². The standard InChI is InChI=1S/C15H31N3O.ClH/c1-5-17(6-2)15(19)13(3)18-11-8-14(9-12-18)7-10-16-4;/h13-14,16H,5-12H2,1-4H3;1H. The van der Waals surface area contributed by atoms with Crippen molar-refractivity contribution < 1.29 is 4.79 Å². The molecule has 1 aliphatic rings. The van der Waals surface area contributed by atoms with Crippen LogP contribution < -0.4 is 5.32 Å². The molecule has 1 N–H and O–H groups in total. The second-order valence-corrected chi connectivity index (χ2v) is 5.56. The summed E-state index contributed by atoms with van der Waals surface area (Å²) in [4.78, 5) is 16.6. The summed E-state index contributed by atoms with van der Waals surface area (Å²) in [5.74, 6) is 1.12. The summed E-state index contributed by atoms with van der Waals surface area (Å²) >= 11 is 0. The van der Waals surface area contributed by atoms with Crippen molar-refractivity contribution in [3.63, 3.8) is 0 Å². The lowest BCUT2D eigenvalue weighted by Gasteiger charge is -2.37. The van der Waals surface area contributed by atoms with E-state index in [0.717, 1.165) is 38.6 Å².